The largest absolute Gasteiger partial charge is 0.309 e. The maximum Gasteiger partial charge on any atom is 0.226 e. The number of anilines is 1. The summed E-state index contributed by atoms with van der Waals surface area (Å²) in [5.41, 5.74) is 11.4. The van der Waals surface area contributed by atoms with Gasteiger partial charge in [0.05, 0.1) is 0 Å². The molecule has 28 heavy (non-hydrogen) atoms. The molecular weight excluding hydrogens is 350 g/mol. The van der Waals surface area contributed by atoms with Crippen LogP contribution in [0.3, 0.4) is 0 Å². The normalized spacial score (nSPS) is 15.0. The molecule has 0 unspecified atom stereocenters. The Hall–Kier alpha value is -2.82. The molecule has 0 saturated carbocycles. The fourth-order valence-electron chi connectivity index (χ4n) is 3.79. The Kier molecular flexibility index (Phi) is 7.06. The summed E-state index contributed by atoms with van der Waals surface area (Å²) in [6.07, 6.45) is 3.49. The molecule has 0 aromatic heterocycles. The second kappa shape index (κ2) is 9.93. The molecule has 1 amide bonds. The van der Waals surface area contributed by atoms with Crippen molar-refractivity contribution in [3.63, 3.8) is 0 Å². The van der Waals surface area contributed by atoms with Crippen molar-refractivity contribution >= 4 is 17.3 Å². The number of amides is 1. The Morgan fingerprint density at radius 1 is 1.14 bits per heavy atom. The van der Waals surface area contributed by atoms with Crippen LogP contribution in [0.4, 0.5) is 11.4 Å². The van der Waals surface area contributed by atoms with E-state index in [0.29, 0.717) is 12.1 Å². The molecular formula is C22H27N5O. The number of carbonyl (C=O) groups excluding carboxylic acids is 1. The molecule has 6 nitrogen and oxygen atoms in total. The Balaban J connectivity index is 1.54. The number of piperidine rings is 1. The molecule has 1 saturated heterocycles. The fourth-order valence-corrected chi connectivity index (χ4v) is 3.79. The zero-order valence-corrected chi connectivity index (χ0v) is 16.4. The van der Waals surface area contributed by atoms with E-state index in [1.165, 1.54) is 5.56 Å². The van der Waals surface area contributed by atoms with E-state index in [1.807, 2.05) is 66.4 Å². The van der Waals surface area contributed by atoms with E-state index < -0.39 is 0 Å². The minimum absolute atomic E-state index is 0.199. The number of carbonyl (C=O) groups is 1. The molecule has 2 aromatic carbocycles. The first-order chi connectivity index (χ1) is 13.7. The number of para-hydroxylation sites is 1. The highest BCUT2D eigenvalue weighted by molar-refractivity contribution is 5.93. The highest BCUT2D eigenvalue weighted by Crippen LogP contribution is 2.25. The maximum absolute atomic E-state index is 12.6. The molecule has 1 fully saturated rings. The van der Waals surface area contributed by atoms with Gasteiger partial charge >= 0.3 is 0 Å². The van der Waals surface area contributed by atoms with Gasteiger partial charge in [0.1, 0.15) is 0 Å². The summed E-state index contributed by atoms with van der Waals surface area (Å²) < 4.78 is 0. The summed E-state index contributed by atoms with van der Waals surface area (Å²) in [4.78, 5) is 19.8. The standard InChI is InChI=1S/C22H27N5O/c1-2-22(28)27(20-6-4-3-5-7-20)21-13-16-26(17-14-21)15-12-18-8-10-19(11-9-18)24-25-23/h3-11,21H,2,12-17H2,1H3. The Bertz CT molecular complexity index is 807. The van der Waals surface area contributed by atoms with Crippen molar-refractivity contribution in [1.29, 1.82) is 0 Å². The average molecular weight is 377 g/mol. The quantitative estimate of drug-likeness (QED) is 0.383. The van der Waals surface area contributed by atoms with E-state index in [0.717, 1.165) is 44.6 Å². The Labute approximate surface area is 166 Å². The van der Waals surface area contributed by atoms with Gasteiger partial charge in [0.25, 0.3) is 0 Å². The second-order valence-electron chi connectivity index (χ2n) is 7.13. The first-order valence-corrected chi connectivity index (χ1v) is 9.94. The zero-order chi connectivity index (χ0) is 19.8. The smallest absolute Gasteiger partial charge is 0.226 e. The fraction of sp³-hybridized carbons (Fsp3) is 0.409. The van der Waals surface area contributed by atoms with Crippen LogP contribution in [-0.4, -0.2) is 36.5 Å². The summed E-state index contributed by atoms with van der Waals surface area (Å²) in [5.74, 6) is 0.199. The van der Waals surface area contributed by atoms with Gasteiger partial charge in [0, 0.05) is 48.4 Å². The maximum atomic E-state index is 12.6. The molecule has 0 N–H and O–H groups in total. The number of hydrogen-bond donors (Lipinski definition) is 0. The van der Waals surface area contributed by atoms with Crippen molar-refractivity contribution in [2.45, 2.75) is 38.6 Å². The molecule has 1 aliphatic rings. The van der Waals surface area contributed by atoms with Crippen LogP contribution < -0.4 is 4.90 Å². The first kappa shape index (κ1) is 19.9. The molecule has 0 spiro atoms. The Morgan fingerprint density at radius 2 is 1.82 bits per heavy atom. The second-order valence-corrected chi connectivity index (χ2v) is 7.13. The minimum atomic E-state index is 0.199. The predicted molar refractivity (Wildman–Crippen MR) is 113 cm³/mol. The highest BCUT2D eigenvalue weighted by Gasteiger charge is 2.28. The Morgan fingerprint density at radius 3 is 2.43 bits per heavy atom. The lowest BCUT2D eigenvalue weighted by Crippen LogP contribution is -2.47. The number of likely N-dealkylation sites (tertiary alicyclic amines) is 1. The number of benzene rings is 2. The predicted octanol–water partition coefficient (Wildman–Crippen LogP) is 5.08. The van der Waals surface area contributed by atoms with Crippen LogP contribution in [-0.2, 0) is 11.2 Å². The van der Waals surface area contributed by atoms with E-state index >= 15 is 0 Å². The van der Waals surface area contributed by atoms with Gasteiger partial charge in [-0.2, -0.15) is 0 Å². The molecule has 1 heterocycles. The third-order valence-corrected chi connectivity index (χ3v) is 5.34. The van der Waals surface area contributed by atoms with Crippen molar-refractivity contribution in [3.8, 4) is 0 Å². The van der Waals surface area contributed by atoms with Crippen LogP contribution in [0.15, 0.2) is 59.7 Å². The van der Waals surface area contributed by atoms with Crippen LogP contribution in [0.1, 0.15) is 31.7 Å². The third kappa shape index (κ3) is 5.12. The molecule has 0 bridgehead atoms. The summed E-state index contributed by atoms with van der Waals surface area (Å²) in [7, 11) is 0. The van der Waals surface area contributed by atoms with E-state index in [4.69, 9.17) is 5.53 Å². The summed E-state index contributed by atoms with van der Waals surface area (Å²) in [5, 5.41) is 3.61. The summed E-state index contributed by atoms with van der Waals surface area (Å²) in [6.45, 7) is 4.94. The third-order valence-electron chi connectivity index (χ3n) is 5.34. The van der Waals surface area contributed by atoms with Gasteiger partial charge in [0.2, 0.25) is 5.91 Å². The molecule has 1 aliphatic heterocycles. The van der Waals surface area contributed by atoms with Gasteiger partial charge < -0.3 is 9.80 Å². The van der Waals surface area contributed by atoms with Crippen LogP contribution in [0.2, 0.25) is 0 Å². The number of rotatable bonds is 7. The molecule has 146 valence electrons. The molecule has 3 rings (SSSR count). The molecule has 6 heteroatoms. The van der Waals surface area contributed by atoms with Gasteiger partial charge in [-0.05, 0) is 42.5 Å². The van der Waals surface area contributed by atoms with Gasteiger partial charge in [0.15, 0.2) is 0 Å². The summed E-state index contributed by atoms with van der Waals surface area (Å²) in [6, 6.07) is 18.1. The lowest BCUT2D eigenvalue weighted by atomic mass is 10.0. The van der Waals surface area contributed by atoms with Crippen molar-refractivity contribution < 1.29 is 4.79 Å². The average Bonchev–Trinajstić information content (AvgIpc) is 2.75. The van der Waals surface area contributed by atoms with Crippen LogP contribution in [0, 0.1) is 0 Å². The molecule has 0 atom stereocenters. The van der Waals surface area contributed by atoms with Crippen molar-refractivity contribution in [2.24, 2.45) is 5.11 Å². The van der Waals surface area contributed by atoms with E-state index in [9.17, 15) is 4.79 Å². The first-order valence-electron chi connectivity index (χ1n) is 9.94. The van der Waals surface area contributed by atoms with Crippen LogP contribution in [0.5, 0.6) is 0 Å². The minimum Gasteiger partial charge on any atom is -0.309 e. The van der Waals surface area contributed by atoms with Crippen molar-refractivity contribution in [2.75, 3.05) is 24.5 Å². The number of azide groups is 1. The van der Waals surface area contributed by atoms with E-state index in [-0.39, 0.29) is 11.9 Å². The van der Waals surface area contributed by atoms with E-state index in [1.54, 1.807) is 0 Å². The SMILES string of the molecule is CCC(=O)N(c1ccccc1)C1CCN(CCc2ccc(N=[N+]=[N-])cc2)CC1. The lowest BCUT2D eigenvalue weighted by molar-refractivity contribution is -0.119. The van der Waals surface area contributed by atoms with Crippen molar-refractivity contribution in [3.05, 3.63) is 70.6 Å². The van der Waals surface area contributed by atoms with Gasteiger partial charge in [-0.25, -0.2) is 0 Å². The highest BCUT2D eigenvalue weighted by atomic mass is 16.2. The molecule has 0 radical (unpaired) electrons. The van der Waals surface area contributed by atoms with Gasteiger partial charge in [-0.1, -0.05) is 54.5 Å². The van der Waals surface area contributed by atoms with Crippen molar-refractivity contribution in [1.82, 2.24) is 4.90 Å². The van der Waals surface area contributed by atoms with Gasteiger partial charge in [-0.3, -0.25) is 4.79 Å². The lowest BCUT2D eigenvalue weighted by Gasteiger charge is -2.38. The molecule has 0 aliphatic carbocycles. The van der Waals surface area contributed by atoms with E-state index in [2.05, 4.69) is 14.9 Å². The summed E-state index contributed by atoms with van der Waals surface area (Å²) >= 11 is 0. The monoisotopic (exact) mass is 377 g/mol. The zero-order valence-electron chi connectivity index (χ0n) is 16.4. The number of nitrogens with zero attached hydrogens (tertiary/aromatic N) is 5. The van der Waals surface area contributed by atoms with Crippen LogP contribution in [0.25, 0.3) is 10.4 Å². The van der Waals surface area contributed by atoms with Gasteiger partial charge in [-0.15, -0.1) is 0 Å². The topological polar surface area (TPSA) is 72.3 Å². The molecule has 2 aromatic rings. The van der Waals surface area contributed by atoms with Crippen LogP contribution >= 0.6 is 0 Å². The number of hydrogen-bond acceptors (Lipinski definition) is 3.